The number of hydrogen-bond acceptors (Lipinski definition) is 2. The second-order valence-corrected chi connectivity index (χ2v) is 4.85. The lowest BCUT2D eigenvalue weighted by molar-refractivity contribution is -0.119. The number of hydrogen-bond donors (Lipinski definition) is 2. The minimum absolute atomic E-state index is 0.142. The topological polar surface area (TPSA) is 41.1 Å². The van der Waals surface area contributed by atoms with Crippen LogP contribution in [0.5, 0.6) is 0 Å². The van der Waals surface area contributed by atoms with Crippen LogP contribution in [0.25, 0.3) is 0 Å². The molecule has 0 heterocycles. The zero-order valence-corrected chi connectivity index (χ0v) is 10.5. The van der Waals surface area contributed by atoms with E-state index in [4.69, 9.17) is 0 Å². The molecule has 2 N–H and O–H groups in total. The molecule has 3 heteroatoms. The van der Waals surface area contributed by atoms with Crippen LogP contribution in [0.15, 0.2) is 24.3 Å². The number of rotatable bonds is 5. The van der Waals surface area contributed by atoms with Gasteiger partial charge in [-0.25, -0.2) is 0 Å². The van der Waals surface area contributed by atoms with Crippen molar-refractivity contribution in [1.82, 2.24) is 5.32 Å². The van der Waals surface area contributed by atoms with E-state index in [1.165, 1.54) is 18.4 Å². The van der Waals surface area contributed by atoms with Crippen molar-refractivity contribution in [2.75, 3.05) is 12.4 Å². The van der Waals surface area contributed by atoms with Crippen molar-refractivity contribution in [3.05, 3.63) is 29.8 Å². The predicted molar refractivity (Wildman–Crippen MR) is 69.7 cm³/mol. The first-order valence-corrected chi connectivity index (χ1v) is 6.25. The van der Waals surface area contributed by atoms with Crippen LogP contribution in [0.4, 0.5) is 5.69 Å². The number of carbonyl (C=O) groups excluding carboxylic acids is 1. The predicted octanol–water partition coefficient (Wildman–Crippen LogP) is 2.39. The van der Waals surface area contributed by atoms with Crippen molar-refractivity contribution >= 4 is 11.6 Å². The van der Waals surface area contributed by atoms with Crippen LogP contribution in [0, 0.1) is 11.8 Å². The summed E-state index contributed by atoms with van der Waals surface area (Å²) in [6.45, 7) is 2.84. The van der Waals surface area contributed by atoms with Gasteiger partial charge in [-0.15, -0.1) is 0 Å². The molecule has 1 atom stereocenters. The van der Waals surface area contributed by atoms with Crippen molar-refractivity contribution in [2.45, 2.75) is 26.3 Å². The molecule has 1 fully saturated rings. The molecule has 1 saturated carbocycles. The van der Waals surface area contributed by atoms with Gasteiger partial charge in [0.05, 0.1) is 0 Å². The van der Waals surface area contributed by atoms with Crippen LogP contribution < -0.4 is 10.6 Å². The molecule has 1 aromatic rings. The standard InChI is InChI=1S/C14H20N2O/c1-10(12-6-7-12)14(17)16-13-5-3-4-11(8-13)9-15-2/h3-5,8,10,12,15H,6-7,9H2,1-2H3,(H,16,17)/t10-/m1/s1. The highest BCUT2D eigenvalue weighted by Gasteiger charge is 2.32. The third kappa shape index (κ3) is 3.30. The Morgan fingerprint density at radius 2 is 2.24 bits per heavy atom. The number of amides is 1. The molecule has 92 valence electrons. The van der Waals surface area contributed by atoms with E-state index < -0.39 is 0 Å². The molecule has 2 rings (SSSR count). The lowest BCUT2D eigenvalue weighted by atomic mass is 10.1. The molecule has 0 aliphatic heterocycles. The van der Waals surface area contributed by atoms with Gasteiger partial charge in [0.25, 0.3) is 0 Å². The van der Waals surface area contributed by atoms with Gasteiger partial charge in [-0.3, -0.25) is 4.79 Å². The van der Waals surface area contributed by atoms with E-state index in [9.17, 15) is 4.79 Å². The molecule has 1 aliphatic rings. The minimum atomic E-state index is 0.142. The third-order valence-corrected chi connectivity index (χ3v) is 3.32. The van der Waals surface area contributed by atoms with Gasteiger partial charge in [0.15, 0.2) is 0 Å². The molecule has 17 heavy (non-hydrogen) atoms. The van der Waals surface area contributed by atoms with E-state index >= 15 is 0 Å². The Morgan fingerprint density at radius 3 is 2.88 bits per heavy atom. The van der Waals surface area contributed by atoms with Crippen molar-refractivity contribution in [3.8, 4) is 0 Å². The maximum atomic E-state index is 11.9. The van der Waals surface area contributed by atoms with Gasteiger partial charge < -0.3 is 10.6 Å². The fourth-order valence-corrected chi connectivity index (χ4v) is 2.03. The first kappa shape index (κ1) is 12.1. The second kappa shape index (κ2) is 5.32. The smallest absolute Gasteiger partial charge is 0.227 e. The maximum absolute atomic E-state index is 11.9. The summed E-state index contributed by atoms with van der Waals surface area (Å²) in [6.07, 6.45) is 2.41. The van der Waals surface area contributed by atoms with Gasteiger partial charge in [-0.1, -0.05) is 19.1 Å². The maximum Gasteiger partial charge on any atom is 0.227 e. The molecule has 1 amide bonds. The monoisotopic (exact) mass is 232 g/mol. The van der Waals surface area contributed by atoms with Crippen LogP contribution in [0.1, 0.15) is 25.3 Å². The SMILES string of the molecule is CNCc1cccc(NC(=O)[C@H](C)C2CC2)c1. The zero-order chi connectivity index (χ0) is 12.3. The Bertz CT molecular complexity index is 399. The molecule has 0 unspecified atom stereocenters. The molecular formula is C14H20N2O. The lowest BCUT2D eigenvalue weighted by Gasteiger charge is -2.11. The van der Waals surface area contributed by atoms with Gasteiger partial charge in [-0.05, 0) is 43.5 Å². The fraction of sp³-hybridized carbons (Fsp3) is 0.500. The number of carbonyl (C=O) groups is 1. The molecule has 1 aromatic carbocycles. The van der Waals surface area contributed by atoms with Crippen LogP contribution in [0.2, 0.25) is 0 Å². The average molecular weight is 232 g/mol. The van der Waals surface area contributed by atoms with Gasteiger partial charge in [0.1, 0.15) is 0 Å². The van der Waals surface area contributed by atoms with E-state index in [1.54, 1.807) is 0 Å². The summed E-state index contributed by atoms with van der Waals surface area (Å²) < 4.78 is 0. The highest BCUT2D eigenvalue weighted by molar-refractivity contribution is 5.92. The highest BCUT2D eigenvalue weighted by atomic mass is 16.1. The summed E-state index contributed by atoms with van der Waals surface area (Å²) in [5.74, 6) is 0.896. The van der Waals surface area contributed by atoms with Gasteiger partial charge in [0.2, 0.25) is 5.91 Å². The number of benzene rings is 1. The zero-order valence-electron chi connectivity index (χ0n) is 10.5. The average Bonchev–Trinajstić information content (AvgIpc) is 3.13. The van der Waals surface area contributed by atoms with E-state index in [-0.39, 0.29) is 11.8 Å². The number of nitrogens with one attached hydrogen (secondary N) is 2. The van der Waals surface area contributed by atoms with Crippen molar-refractivity contribution in [3.63, 3.8) is 0 Å². The Morgan fingerprint density at radius 1 is 1.47 bits per heavy atom. The van der Waals surface area contributed by atoms with Crippen molar-refractivity contribution in [2.24, 2.45) is 11.8 Å². The van der Waals surface area contributed by atoms with Crippen molar-refractivity contribution in [1.29, 1.82) is 0 Å². The minimum Gasteiger partial charge on any atom is -0.326 e. The van der Waals surface area contributed by atoms with Gasteiger partial charge >= 0.3 is 0 Å². The van der Waals surface area contributed by atoms with Crippen LogP contribution >= 0.6 is 0 Å². The molecule has 3 nitrogen and oxygen atoms in total. The Labute approximate surface area is 103 Å². The van der Waals surface area contributed by atoms with Gasteiger partial charge in [0, 0.05) is 18.2 Å². The molecule has 0 aromatic heterocycles. The first-order chi connectivity index (χ1) is 8.20. The van der Waals surface area contributed by atoms with Crippen LogP contribution in [-0.4, -0.2) is 13.0 Å². The third-order valence-electron chi connectivity index (χ3n) is 3.32. The van der Waals surface area contributed by atoms with Crippen LogP contribution in [-0.2, 0) is 11.3 Å². The normalized spacial score (nSPS) is 16.6. The molecule has 0 radical (unpaired) electrons. The van der Waals surface area contributed by atoms with E-state index in [1.807, 2.05) is 32.2 Å². The summed E-state index contributed by atoms with van der Waals surface area (Å²) in [5.41, 5.74) is 2.08. The highest BCUT2D eigenvalue weighted by Crippen LogP contribution is 2.37. The molecule has 0 spiro atoms. The molecule has 0 saturated heterocycles. The molecule has 0 bridgehead atoms. The Kier molecular flexibility index (Phi) is 3.79. The largest absolute Gasteiger partial charge is 0.326 e. The Hall–Kier alpha value is -1.35. The van der Waals surface area contributed by atoms with E-state index in [2.05, 4.69) is 16.7 Å². The van der Waals surface area contributed by atoms with Crippen LogP contribution in [0.3, 0.4) is 0 Å². The molecule has 1 aliphatic carbocycles. The number of anilines is 1. The molecular weight excluding hydrogens is 212 g/mol. The van der Waals surface area contributed by atoms with Crippen molar-refractivity contribution < 1.29 is 4.79 Å². The van der Waals surface area contributed by atoms with E-state index in [0.29, 0.717) is 5.92 Å². The van der Waals surface area contributed by atoms with Gasteiger partial charge in [-0.2, -0.15) is 0 Å². The first-order valence-electron chi connectivity index (χ1n) is 6.25. The summed E-state index contributed by atoms with van der Waals surface area (Å²) in [7, 11) is 1.92. The summed E-state index contributed by atoms with van der Waals surface area (Å²) >= 11 is 0. The Balaban J connectivity index is 1.97. The summed E-state index contributed by atoms with van der Waals surface area (Å²) in [5, 5.41) is 6.10. The second-order valence-electron chi connectivity index (χ2n) is 4.85. The summed E-state index contributed by atoms with van der Waals surface area (Å²) in [4.78, 5) is 11.9. The summed E-state index contributed by atoms with van der Waals surface area (Å²) in [6, 6.07) is 7.99. The van der Waals surface area contributed by atoms with E-state index in [0.717, 1.165) is 12.2 Å². The lowest BCUT2D eigenvalue weighted by Crippen LogP contribution is -2.21. The quantitative estimate of drug-likeness (QED) is 0.818. The fourth-order valence-electron chi connectivity index (χ4n) is 2.03.